The highest BCUT2D eigenvalue weighted by molar-refractivity contribution is 7.92. The summed E-state index contributed by atoms with van der Waals surface area (Å²) in [6, 6.07) is 11.7. The van der Waals surface area contributed by atoms with E-state index >= 15 is 4.39 Å². The van der Waals surface area contributed by atoms with Crippen molar-refractivity contribution in [3.8, 4) is 22.8 Å². The molecule has 2 aromatic heterocycles. The molecular formula is C27H25Cl2FN6O3S. The highest BCUT2D eigenvalue weighted by atomic mass is 35.5. The first-order chi connectivity index (χ1) is 19.2. The Balaban J connectivity index is 1.37. The van der Waals surface area contributed by atoms with Gasteiger partial charge in [0.2, 0.25) is 5.95 Å². The topological polar surface area (TPSA) is 132 Å². The quantitative estimate of drug-likeness (QED) is 0.215. The molecule has 0 atom stereocenters. The van der Waals surface area contributed by atoms with E-state index < -0.39 is 15.8 Å². The Kier molecular flexibility index (Phi) is 8.36. The van der Waals surface area contributed by atoms with Crippen molar-refractivity contribution < 1.29 is 17.5 Å². The van der Waals surface area contributed by atoms with Crippen LogP contribution in [0.4, 0.5) is 16.0 Å². The van der Waals surface area contributed by atoms with Gasteiger partial charge in [-0.1, -0.05) is 35.3 Å². The number of ether oxygens (including phenoxy) is 1. The van der Waals surface area contributed by atoms with Crippen LogP contribution < -0.4 is 20.5 Å². The van der Waals surface area contributed by atoms with Gasteiger partial charge in [0.1, 0.15) is 10.6 Å². The van der Waals surface area contributed by atoms with E-state index in [2.05, 4.69) is 25.0 Å². The number of hydrogen-bond donors (Lipinski definition) is 3. The molecule has 0 saturated heterocycles. The second kappa shape index (κ2) is 11.9. The van der Waals surface area contributed by atoms with Crippen LogP contribution in [0.3, 0.4) is 0 Å². The molecule has 2 aromatic carbocycles. The van der Waals surface area contributed by atoms with Crippen molar-refractivity contribution in [2.75, 3.05) is 10.0 Å². The maximum Gasteiger partial charge on any atom is 0.263 e. The fourth-order valence-corrected chi connectivity index (χ4v) is 6.20. The third-order valence-electron chi connectivity index (χ3n) is 6.43. The molecule has 4 aromatic rings. The van der Waals surface area contributed by atoms with E-state index in [9.17, 15) is 8.42 Å². The maximum atomic E-state index is 15.2. The Bertz CT molecular complexity index is 1630. The van der Waals surface area contributed by atoms with Gasteiger partial charge in [-0.3, -0.25) is 9.71 Å². The van der Waals surface area contributed by atoms with E-state index in [1.165, 1.54) is 30.5 Å². The van der Waals surface area contributed by atoms with Crippen molar-refractivity contribution in [3.05, 3.63) is 83.0 Å². The number of pyridine rings is 1. The molecule has 1 aliphatic carbocycles. The molecule has 1 saturated carbocycles. The third kappa shape index (κ3) is 6.44. The first kappa shape index (κ1) is 28.0. The summed E-state index contributed by atoms with van der Waals surface area (Å²) in [5.74, 6) is -0.339. The molecule has 13 heteroatoms. The van der Waals surface area contributed by atoms with Gasteiger partial charge in [0.15, 0.2) is 11.6 Å². The molecule has 1 fully saturated rings. The summed E-state index contributed by atoms with van der Waals surface area (Å²) in [7, 11) is -4.12. The summed E-state index contributed by atoms with van der Waals surface area (Å²) in [5.41, 5.74) is 6.85. The first-order valence-corrected chi connectivity index (χ1v) is 14.7. The van der Waals surface area contributed by atoms with E-state index in [4.69, 9.17) is 33.7 Å². The fraction of sp³-hybridized carbons (Fsp3) is 0.222. The lowest BCUT2D eigenvalue weighted by molar-refractivity contribution is 0.410. The van der Waals surface area contributed by atoms with Gasteiger partial charge in [0, 0.05) is 42.8 Å². The number of aromatic nitrogens is 3. The van der Waals surface area contributed by atoms with Crippen LogP contribution in [0.15, 0.2) is 72.0 Å². The van der Waals surface area contributed by atoms with Gasteiger partial charge in [0.25, 0.3) is 10.0 Å². The highest BCUT2D eigenvalue weighted by Crippen LogP contribution is 2.37. The molecule has 4 N–H and O–H groups in total. The zero-order valence-electron chi connectivity index (χ0n) is 21.0. The van der Waals surface area contributed by atoms with Crippen LogP contribution in [0.25, 0.3) is 11.3 Å². The lowest BCUT2D eigenvalue weighted by Crippen LogP contribution is -2.33. The molecule has 1 aliphatic rings. The fourth-order valence-electron chi connectivity index (χ4n) is 4.35. The van der Waals surface area contributed by atoms with E-state index in [1.54, 1.807) is 30.6 Å². The Labute approximate surface area is 241 Å². The molecule has 208 valence electrons. The molecule has 0 aliphatic heterocycles. The van der Waals surface area contributed by atoms with Crippen molar-refractivity contribution in [1.82, 2.24) is 15.0 Å². The molecule has 0 bridgehead atoms. The molecule has 40 heavy (non-hydrogen) atoms. The van der Waals surface area contributed by atoms with Gasteiger partial charge in [-0.25, -0.2) is 22.8 Å². The van der Waals surface area contributed by atoms with Gasteiger partial charge < -0.3 is 15.8 Å². The van der Waals surface area contributed by atoms with E-state index in [-0.39, 0.29) is 44.2 Å². The van der Waals surface area contributed by atoms with Gasteiger partial charge >= 0.3 is 0 Å². The number of anilines is 2. The number of nitrogens with one attached hydrogen (secondary N) is 2. The molecule has 9 nitrogen and oxygen atoms in total. The summed E-state index contributed by atoms with van der Waals surface area (Å²) in [4.78, 5) is 12.9. The van der Waals surface area contributed by atoms with Crippen LogP contribution in [0, 0.1) is 5.82 Å². The zero-order valence-corrected chi connectivity index (χ0v) is 23.3. The van der Waals surface area contributed by atoms with E-state index in [1.807, 2.05) is 0 Å². The number of nitrogens with zero attached hydrogens (tertiary/aromatic N) is 3. The number of hydrogen-bond acceptors (Lipinski definition) is 8. The number of halogens is 3. The van der Waals surface area contributed by atoms with Crippen LogP contribution >= 0.6 is 23.2 Å². The summed E-state index contributed by atoms with van der Waals surface area (Å²) < 4.78 is 48.9. The van der Waals surface area contributed by atoms with Crippen LogP contribution in [0.5, 0.6) is 11.5 Å². The lowest BCUT2D eigenvalue weighted by Gasteiger charge is -2.26. The van der Waals surface area contributed by atoms with Crippen LogP contribution in [-0.2, 0) is 10.0 Å². The smallest absolute Gasteiger partial charge is 0.263 e. The molecule has 0 amide bonds. The SMILES string of the molecule is NC1CCC(Nc2nccc(-c3cnccc3Oc3cc(Cl)c(NS(=O)(=O)c4ccccc4Cl)cc3F)n2)CC1. The van der Waals surface area contributed by atoms with Gasteiger partial charge in [-0.15, -0.1) is 0 Å². The van der Waals surface area contributed by atoms with Gasteiger partial charge in [-0.2, -0.15) is 0 Å². The first-order valence-electron chi connectivity index (χ1n) is 12.4. The Morgan fingerprint density at radius 2 is 1.75 bits per heavy atom. The molecule has 0 unspecified atom stereocenters. The summed E-state index contributed by atoms with van der Waals surface area (Å²) >= 11 is 12.3. The zero-order chi connectivity index (χ0) is 28.3. The summed E-state index contributed by atoms with van der Waals surface area (Å²) in [6.45, 7) is 0. The lowest BCUT2D eigenvalue weighted by atomic mass is 9.92. The van der Waals surface area contributed by atoms with Crippen molar-refractivity contribution >= 4 is 44.9 Å². The number of benzene rings is 2. The molecule has 0 spiro atoms. The van der Waals surface area contributed by atoms with Gasteiger partial charge in [-0.05, 0) is 49.9 Å². The number of rotatable bonds is 8. The van der Waals surface area contributed by atoms with E-state index in [0.29, 0.717) is 17.2 Å². The normalized spacial score (nSPS) is 17.3. The minimum Gasteiger partial charge on any atom is -0.453 e. The minimum atomic E-state index is -4.12. The molecular weight excluding hydrogens is 578 g/mol. The predicted molar refractivity (Wildman–Crippen MR) is 153 cm³/mol. The Hall–Kier alpha value is -3.51. The monoisotopic (exact) mass is 602 g/mol. The molecule has 2 heterocycles. The minimum absolute atomic E-state index is 0.0165. The highest BCUT2D eigenvalue weighted by Gasteiger charge is 2.22. The Morgan fingerprint density at radius 1 is 0.975 bits per heavy atom. The van der Waals surface area contributed by atoms with Crippen molar-refractivity contribution in [3.63, 3.8) is 0 Å². The average Bonchev–Trinajstić information content (AvgIpc) is 2.93. The second-order valence-corrected chi connectivity index (χ2v) is 11.8. The summed E-state index contributed by atoms with van der Waals surface area (Å²) in [6.07, 6.45) is 8.40. The number of nitrogens with two attached hydrogens (primary N) is 1. The van der Waals surface area contributed by atoms with Crippen molar-refractivity contribution in [1.29, 1.82) is 0 Å². The van der Waals surface area contributed by atoms with Gasteiger partial charge in [0.05, 0.1) is 27.0 Å². The number of sulfonamides is 1. The maximum absolute atomic E-state index is 15.2. The molecule has 5 rings (SSSR count). The average molecular weight is 604 g/mol. The standard InChI is InChI=1S/C27H25Cl2FN6O3S/c28-19-3-1-2-4-26(19)40(37,38)36-23-14-21(30)25(13-20(23)29)39-24-10-11-32-15-18(24)22-9-12-33-27(35-22)34-17-7-5-16(31)6-8-17/h1-4,9-17,36H,5-8,31H2,(H,33,34,35). The largest absolute Gasteiger partial charge is 0.453 e. The second-order valence-electron chi connectivity index (χ2n) is 9.29. The van der Waals surface area contributed by atoms with Crippen LogP contribution in [0.1, 0.15) is 25.7 Å². The Morgan fingerprint density at radius 3 is 2.52 bits per heavy atom. The van der Waals surface area contributed by atoms with Crippen molar-refractivity contribution in [2.24, 2.45) is 5.73 Å². The van der Waals surface area contributed by atoms with Crippen molar-refractivity contribution in [2.45, 2.75) is 42.7 Å². The van der Waals surface area contributed by atoms with Crippen LogP contribution in [0.2, 0.25) is 10.0 Å². The summed E-state index contributed by atoms with van der Waals surface area (Å²) in [5, 5.41) is 3.29. The third-order valence-corrected chi connectivity index (χ3v) is 8.61. The van der Waals surface area contributed by atoms with E-state index in [0.717, 1.165) is 31.7 Å². The molecule has 0 radical (unpaired) electrons. The predicted octanol–water partition coefficient (Wildman–Crippen LogP) is 6.26. The van der Waals surface area contributed by atoms with Crippen LogP contribution in [-0.4, -0.2) is 35.5 Å².